The fourth-order valence-electron chi connectivity index (χ4n) is 3.44. The van der Waals surface area contributed by atoms with Gasteiger partial charge in [0.05, 0.1) is 0 Å². The zero-order valence-corrected chi connectivity index (χ0v) is 12.7. The van der Waals surface area contributed by atoms with Gasteiger partial charge in [-0.3, -0.25) is 0 Å². The van der Waals surface area contributed by atoms with Crippen LogP contribution in [0.2, 0.25) is 0 Å². The lowest BCUT2D eigenvalue weighted by Gasteiger charge is -2.18. The van der Waals surface area contributed by atoms with Crippen molar-refractivity contribution < 1.29 is 0 Å². The first-order valence-corrected chi connectivity index (χ1v) is 8.01. The van der Waals surface area contributed by atoms with E-state index in [4.69, 9.17) is 0 Å². The molecule has 0 bridgehead atoms. The van der Waals surface area contributed by atoms with Crippen LogP contribution in [0, 0.1) is 5.92 Å². The van der Waals surface area contributed by atoms with Crippen LogP contribution in [0.1, 0.15) is 51.0 Å². The molecule has 2 aromatic rings. The Morgan fingerprint density at radius 1 is 0.950 bits per heavy atom. The highest BCUT2D eigenvalue weighted by Crippen LogP contribution is 2.35. The lowest BCUT2D eigenvalue weighted by molar-refractivity contribution is 0.447. The van der Waals surface area contributed by atoms with E-state index in [-0.39, 0.29) is 0 Å². The molecule has 2 unspecified atom stereocenters. The highest BCUT2D eigenvalue weighted by molar-refractivity contribution is 5.97. The summed E-state index contributed by atoms with van der Waals surface area (Å²) in [5, 5.41) is 6.48. The van der Waals surface area contributed by atoms with Gasteiger partial charge in [-0.15, -0.1) is 0 Å². The largest absolute Gasteiger partial charge is 0.385 e. The zero-order valence-electron chi connectivity index (χ0n) is 12.7. The quantitative estimate of drug-likeness (QED) is 0.658. The Bertz CT molecular complexity index is 582. The number of rotatable bonds is 0. The van der Waals surface area contributed by atoms with E-state index >= 15 is 0 Å². The van der Waals surface area contributed by atoms with Crippen LogP contribution in [0.15, 0.2) is 36.4 Å². The summed E-state index contributed by atoms with van der Waals surface area (Å²) in [4.78, 5) is 0. The molecule has 0 amide bonds. The number of anilines is 1. The van der Waals surface area contributed by atoms with E-state index in [2.05, 4.69) is 55.6 Å². The van der Waals surface area contributed by atoms with Crippen molar-refractivity contribution in [1.82, 2.24) is 0 Å². The van der Waals surface area contributed by atoms with E-state index < -0.39 is 0 Å². The molecular formula is C19H25N. The maximum absolute atomic E-state index is 3.67. The van der Waals surface area contributed by atoms with Gasteiger partial charge in [-0.2, -0.15) is 0 Å². The molecule has 0 aromatic heterocycles. The molecule has 106 valence electrons. The minimum absolute atomic E-state index is 0.641. The summed E-state index contributed by atoms with van der Waals surface area (Å²) in [7, 11) is 0. The molecule has 2 atom stereocenters. The van der Waals surface area contributed by atoms with Gasteiger partial charge >= 0.3 is 0 Å². The number of nitrogens with one attached hydrogen (secondary N) is 1. The van der Waals surface area contributed by atoms with Crippen molar-refractivity contribution >= 4 is 16.5 Å². The van der Waals surface area contributed by atoms with Gasteiger partial charge in [0, 0.05) is 17.6 Å². The Hall–Kier alpha value is -1.50. The predicted molar refractivity (Wildman–Crippen MR) is 88.5 cm³/mol. The first-order valence-electron chi connectivity index (χ1n) is 8.01. The van der Waals surface area contributed by atoms with Gasteiger partial charge in [-0.1, -0.05) is 50.6 Å². The average molecular weight is 267 g/mol. The standard InChI is InChI=1S/C19H25N/c1-14-6-5-13-20-18-10-4-8-16-7-3-9-17(19(16)18)15(2)12-11-14/h3-4,7-10,14-15,20H,5-6,11-13H2,1-2H3. The summed E-state index contributed by atoms with van der Waals surface area (Å²) in [6.45, 7) is 5.88. The van der Waals surface area contributed by atoms with Gasteiger partial charge in [-0.25, -0.2) is 0 Å². The summed E-state index contributed by atoms with van der Waals surface area (Å²) >= 11 is 0. The van der Waals surface area contributed by atoms with Crippen molar-refractivity contribution in [3.63, 3.8) is 0 Å². The fourth-order valence-corrected chi connectivity index (χ4v) is 3.44. The van der Waals surface area contributed by atoms with E-state index in [9.17, 15) is 0 Å². The van der Waals surface area contributed by atoms with Gasteiger partial charge in [0.2, 0.25) is 0 Å². The summed E-state index contributed by atoms with van der Waals surface area (Å²) < 4.78 is 0. The van der Waals surface area contributed by atoms with Gasteiger partial charge in [-0.05, 0) is 48.1 Å². The molecular weight excluding hydrogens is 242 g/mol. The Labute approximate surface area is 122 Å². The predicted octanol–water partition coefficient (Wildman–Crippen LogP) is 5.57. The molecule has 0 saturated carbocycles. The van der Waals surface area contributed by atoms with Crippen molar-refractivity contribution in [3.8, 4) is 0 Å². The van der Waals surface area contributed by atoms with Crippen LogP contribution in [0.5, 0.6) is 0 Å². The summed E-state index contributed by atoms with van der Waals surface area (Å²) in [5.41, 5.74) is 2.83. The third-order valence-corrected chi connectivity index (χ3v) is 4.75. The van der Waals surface area contributed by atoms with E-state index in [0.29, 0.717) is 5.92 Å². The minimum atomic E-state index is 0.641. The van der Waals surface area contributed by atoms with Gasteiger partial charge in [0.15, 0.2) is 0 Å². The van der Waals surface area contributed by atoms with Crippen LogP contribution >= 0.6 is 0 Å². The molecule has 0 spiro atoms. The molecule has 1 heteroatoms. The highest BCUT2D eigenvalue weighted by atomic mass is 14.9. The molecule has 1 aliphatic heterocycles. The topological polar surface area (TPSA) is 12.0 Å². The van der Waals surface area contributed by atoms with Crippen molar-refractivity contribution in [2.24, 2.45) is 5.92 Å². The van der Waals surface area contributed by atoms with Gasteiger partial charge in [0.25, 0.3) is 0 Å². The monoisotopic (exact) mass is 267 g/mol. The second-order valence-electron chi connectivity index (χ2n) is 6.40. The molecule has 20 heavy (non-hydrogen) atoms. The highest BCUT2D eigenvalue weighted by Gasteiger charge is 2.15. The van der Waals surface area contributed by atoms with Crippen LogP contribution in [-0.2, 0) is 0 Å². The SMILES string of the molecule is CC1CCCNc2cccc3cccc(c23)C(C)CC1. The molecule has 1 aliphatic rings. The fraction of sp³-hybridized carbons (Fsp3) is 0.474. The normalized spacial score (nSPS) is 23.9. The zero-order chi connectivity index (χ0) is 13.9. The van der Waals surface area contributed by atoms with Crippen LogP contribution in [-0.4, -0.2) is 6.54 Å². The Kier molecular flexibility index (Phi) is 3.95. The minimum Gasteiger partial charge on any atom is -0.385 e. The van der Waals surface area contributed by atoms with Crippen molar-refractivity contribution in [1.29, 1.82) is 0 Å². The first-order chi connectivity index (χ1) is 9.75. The smallest absolute Gasteiger partial charge is 0.0422 e. The van der Waals surface area contributed by atoms with Crippen molar-refractivity contribution in [3.05, 3.63) is 42.0 Å². The van der Waals surface area contributed by atoms with Crippen LogP contribution in [0.25, 0.3) is 10.8 Å². The number of hydrogen-bond acceptors (Lipinski definition) is 1. The molecule has 1 heterocycles. The molecule has 1 N–H and O–H groups in total. The van der Waals surface area contributed by atoms with Gasteiger partial charge < -0.3 is 5.32 Å². The van der Waals surface area contributed by atoms with Crippen molar-refractivity contribution in [2.45, 2.75) is 45.4 Å². The lowest BCUT2D eigenvalue weighted by atomic mass is 9.88. The molecule has 0 fully saturated rings. The molecule has 0 aliphatic carbocycles. The Balaban J connectivity index is 2.09. The molecule has 3 rings (SSSR count). The summed E-state index contributed by atoms with van der Waals surface area (Å²) in [6.07, 6.45) is 5.26. The lowest BCUT2D eigenvalue weighted by Crippen LogP contribution is -2.04. The van der Waals surface area contributed by atoms with Crippen LogP contribution in [0.3, 0.4) is 0 Å². The van der Waals surface area contributed by atoms with Gasteiger partial charge in [0.1, 0.15) is 0 Å². The second kappa shape index (κ2) is 5.87. The summed E-state index contributed by atoms with van der Waals surface area (Å²) in [6, 6.07) is 13.4. The van der Waals surface area contributed by atoms with E-state index in [1.807, 2.05) is 0 Å². The maximum Gasteiger partial charge on any atom is 0.0422 e. The van der Waals surface area contributed by atoms with E-state index in [1.54, 1.807) is 0 Å². The molecule has 0 radical (unpaired) electrons. The Morgan fingerprint density at radius 3 is 2.60 bits per heavy atom. The van der Waals surface area contributed by atoms with Crippen molar-refractivity contribution in [2.75, 3.05) is 11.9 Å². The Morgan fingerprint density at radius 2 is 1.75 bits per heavy atom. The third kappa shape index (κ3) is 2.67. The summed E-state index contributed by atoms with van der Waals surface area (Å²) in [5.74, 6) is 1.49. The molecule has 0 saturated heterocycles. The maximum atomic E-state index is 3.67. The number of benzene rings is 2. The van der Waals surface area contributed by atoms with Crippen LogP contribution in [0.4, 0.5) is 5.69 Å². The molecule has 1 nitrogen and oxygen atoms in total. The average Bonchev–Trinajstić information content (AvgIpc) is 2.50. The number of hydrogen-bond donors (Lipinski definition) is 1. The molecule has 2 aromatic carbocycles. The van der Waals surface area contributed by atoms with Crippen LogP contribution < -0.4 is 5.32 Å². The second-order valence-corrected chi connectivity index (χ2v) is 6.40. The third-order valence-electron chi connectivity index (χ3n) is 4.75. The van der Waals surface area contributed by atoms with E-state index in [0.717, 1.165) is 12.5 Å². The first kappa shape index (κ1) is 13.5. The van der Waals surface area contributed by atoms with E-state index in [1.165, 1.54) is 47.7 Å².